The monoisotopic (exact) mass is 319 g/mol. The molecule has 2 aromatic rings. The Bertz CT molecular complexity index is 572. The number of aromatic nitrogens is 1. The number of para-hydroxylation sites is 1. The van der Waals surface area contributed by atoms with E-state index in [1.54, 1.807) is 6.20 Å². The van der Waals surface area contributed by atoms with Gasteiger partial charge in [-0.05, 0) is 46.6 Å². The van der Waals surface area contributed by atoms with Crippen molar-refractivity contribution >= 4 is 33.3 Å². The predicted octanol–water partition coefficient (Wildman–Crippen LogP) is 3.20. The number of carbonyl (C=O) groups is 1. The van der Waals surface area contributed by atoms with Crippen LogP contribution in [0, 0.1) is 6.92 Å². The minimum absolute atomic E-state index is 0.127. The topological polar surface area (TPSA) is 54.0 Å². The Hall–Kier alpha value is -1.88. The van der Waals surface area contributed by atoms with Gasteiger partial charge in [0.15, 0.2) is 0 Å². The molecule has 0 atom stereocenters. The Balaban J connectivity index is 1.89. The van der Waals surface area contributed by atoms with Crippen LogP contribution in [0.25, 0.3) is 0 Å². The summed E-state index contributed by atoms with van der Waals surface area (Å²) < 4.78 is 0.924. The molecule has 98 valence electrons. The van der Waals surface area contributed by atoms with E-state index in [0.717, 1.165) is 15.7 Å². The molecule has 0 saturated carbocycles. The summed E-state index contributed by atoms with van der Waals surface area (Å²) in [6.07, 6.45) is 1.68. The van der Waals surface area contributed by atoms with Gasteiger partial charge < -0.3 is 10.6 Å². The first-order valence-electron chi connectivity index (χ1n) is 5.86. The summed E-state index contributed by atoms with van der Waals surface area (Å²) >= 11 is 3.37. The van der Waals surface area contributed by atoms with Crippen LogP contribution in [0.15, 0.2) is 47.1 Å². The van der Waals surface area contributed by atoms with Gasteiger partial charge in [0.2, 0.25) is 5.91 Å². The Kier molecular flexibility index (Phi) is 4.52. The van der Waals surface area contributed by atoms with Crippen molar-refractivity contribution in [3.8, 4) is 0 Å². The minimum atomic E-state index is -0.127. The molecule has 1 heterocycles. The lowest BCUT2D eigenvalue weighted by molar-refractivity contribution is -0.114. The number of pyridine rings is 1. The highest BCUT2D eigenvalue weighted by Crippen LogP contribution is 2.17. The van der Waals surface area contributed by atoms with Gasteiger partial charge in [0.25, 0.3) is 0 Å². The highest BCUT2D eigenvalue weighted by Gasteiger charge is 2.04. The Morgan fingerprint density at radius 1 is 1.32 bits per heavy atom. The maximum absolute atomic E-state index is 11.8. The second kappa shape index (κ2) is 6.33. The number of benzene rings is 1. The highest BCUT2D eigenvalue weighted by atomic mass is 79.9. The molecule has 0 saturated heterocycles. The molecular weight excluding hydrogens is 306 g/mol. The van der Waals surface area contributed by atoms with E-state index in [9.17, 15) is 4.79 Å². The van der Waals surface area contributed by atoms with Crippen molar-refractivity contribution in [1.82, 2.24) is 4.98 Å². The molecule has 5 heteroatoms. The molecule has 2 rings (SSSR count). The van der Waals surface area contributed by atoms with Gasteiger partial charge in [-0.3, -0.25) is 4.79 Å². The molecule has 4 nitrogen and oxygen atoms in total. The number of amides is 1. The molecule has 0 aliphatic carbocycles. The predicted molar refractivity (Wildman–Crippen MR) is 80.2 cm³/mol. The second-order valence-electron chi connectivity index (χ2n) is 4.09. The smallest absolute Gasteiger partial charge is 0.244 e. The van der Waals surface area contributed by atoms with Crippen molar-refractivity contribution in [1.29, 1.82) is 0 Å². The molecule has 1 aromatic carbocycles. The molecule has 0 aliphatic rings. The van der Waals surface area contributed by atoms with Crippen molar-refractivity contribution in [2.75, 3.05) is 17.2 Å². The van der Waals surface area contributed by atoms with Gasteiger partial charge in [-0.1, -0.05) is 18.2 Å². The number of nitrogens with zero attached hydrogens (tertiary/aromatic N) is 1. The van der Waals surface area contributed by atoms with Gasteiger partial charge in [-0.2, -0.15) is 0 Å². The van der Waals surface area contributed by atoms with Gasteiger partial charge in [0, 0.05) is 16.4 Å². The van der Waals surface area contributed by atoms with Crippen LogP contribution in [-0.2, 0) is 4.79 Å². The van der Waals surface area contributed by atoms with Crippen LogP contribution in [0.3, 0.4) is 0 Å². The Morgan fingerprint density at radius 2 is 2.05 bits per heavy atom. The van der Waals surface area contributed by atoms with Gasteiger partial charge in [-0.25, -0.2) is 4.98 Å². The van der Waals surface area contributed by atoms with E-state index >= 15 is 0 Å². The summed E-state index contributed by atoms with van der Waals surface area (Å²) in [5.41, 5.74) is 1.94. The van der Waals surface area contributed by atoms with Crippen LogP contribution in [-0.4, -0.2) is 17.4 Å². The quantitative estimate of drug-likeness (QED) is 0.909. The highest BCUT2D eigenvalue weighted by molar-refractivity contribution is 9.10. The molecule has 0 unspecified atom stereocenters. The SMILES string of the molecule is Cc1cc(NC(=O)CNc2ccccc2)ncc1Br. The van der Waals surface area contributed by atoms with Crippen LogP contribution < -0.4 is 10.6 Å². The Morgan fingerprint density at radius 3 is 2.74 bits per heavy atom. The zero-order chi connectivity index (χ0) is 13.7. The summed E-state index contributed by atoms with van der Waals surface area (Å²) in [5, 5.41) is 5.79. The molecular formula is C14H14BrN3O. The van der Waals surface area contributed by atoms with Crippen LogP contribution in [0.5, 0.6) is 0 Å². The lowest BCUT2D eigenvalue weighted by Crippen LogP contribution is -2.22. The van der Waals surface area contributed by atoms with E-state index < -0.39 is 0 Å². The zero-order valence-corrected chi connectivity index (χ0v) is 12.1. The summed E-state index contributed by atoms with van der Waals surface area (Å²) in [6.45, 7) is 2.16. The zero-order valence-electron chi connectivity index (χ0n) is 10.5. The minimum Gasteiger partial charge on any atom is -0.376 e. The van der Waals surface area contributed by atoms with Gasteiger partial charge in [0.1, 0.15) is 5.82 Å². The van der Waals surface area contributed by atoms with Gasteiger partial charge >= 0.3 is 0 Å². The number of halogens is 1. The molecule has 0 radical (unpaired) electrons. The van der Waals surface area contributed by atoms with Crippen molar-refractivity contribution in [3.63, 3.8) is 0 Å². The first-order valence-corrected chi connectivity index (χ1v) is 6.65. The number of hydrogen-bond donors (Lipinski definition) is 2. The fourth-order valence-corrected chi connectivity index (χ4v) is 1.75. The first kappa shape index (κ1) is 13.5. The number of hydrogen-bond acceptors (Lipinski definition) is 3. The molecule has 2 N–H and O–H groups in total. The summed E-state index contributed by atoms with van der Waals surface area (Å²) in [5.74, 6) is 0.429. The summed E-state index contributed by atoms with van der Waals surface area (Å²) in [6, 6.07) is 11.4. The third-order valence-electron chi connectivity index (χ3n) is 2.54. The standard InChI is InChI=1S/C14H14BrN3O/c1-10-7-13(17-8-12(10)15)18-14(19)9-16-11-5-3-2-4-6-11/h2-8,16H,9H2,1H3,(H,17,18,19). The average Bonchev–Trinajstić information content (AvgIpc) is 2.42. The summed E-state index contributed by atoms with van der Waals surface area (Å²) in [4.78, 5) is 15.9. The molecule has 0 spiro atoms. The summed E-state index contributed by atoms with van der Waals surface area (Å²) in [7, 11) is 0. The third-order valence-corrected chi connectivity index (χ3v) is 3.37. The average molecular weight is 320 g/mol. The normalized spacial score (nSPS) is 10.0. The fraction of sp³-hybridized carbons (Fsp3) is 0.143. The molecule has 0 bridgehead atoms. The van der Waals surface area contributed by atoms with E-state index in [1.807, 2.05) is 43.3 Å². The molecule has 1 amide bonds. The van der Waals surface area contributed by atoms with Crippen LogP contribution in [0.4, 0.5) is 11.5 Å². The van der Waals surface area contributed by atoms with Crippen molar-refractivity contribution in [2.45, 2.75) is 6.92 Å². The van der Waals surface area contributed by atoms with E-state index in [4.69, 9.17) is 0 Å². The number of rotatable bonds is 4. The fourth-order valence-electron chi connectivity index (χ4n) is 1.53. The van der Waals surface area contributed by atoms with Crippen molar-refractivity contribution in [2.24, 2.45) is 0 Å². The molecule has 0 aliphatic heterocycles. The maximum Gasteiger partial charge on any atom is 0.244 e. The third kappa shape index (κ3) is 4.06. The van der Waals surface area contributed by atoms with E-state index in [2.05, 4.69) is 31.5 Å². The largest absolute Gasteiger partial charge is 0.376 e. The number of nitrogens with one attached hydrogen (secondary N) is 2. The maximum atomic E-state index is 11.8. The first-order chi connectivity index (χ1) is 9.15. The van der Waals surface area contributed by atoms with E-state index in [0.29, 0.717) is 5.82 Å². The van der Waals surface area contributed by atoms with E-state index in [-0.39, 0.29) is 12.5 Å². The lowest BCUT2D eigenvalue weighted by atomic mass is 10.3. The van der Waals surface area contributed by atoms with Crippen molar-refractivity contribution < 1.29 is 4.79 Å². The van der Waals surface area contributed by atoms with Crippen molar-refractivity contribution in [3.05, 3.63) is 52.6 Å². The van der Waals surface area contributed by atoms with E-state index in [1.165, 1.54) is 0 Å². The Labute approximate surface area is 120 Å². The van der Waals surface area contributed by atoms with Gasteiger partial charge in [0.05, 0.1) is 6.54 Å². The van der Waals surface area contributed by atoms with Crippen LogP contribution >= 0.6 is 15.9 Å². The van der Waals surface area contributed by atoms with Crippen LogP contribution in [0.1, 0.15) is 5.56 Å². The van der Waals surface area contributed by atoms with Gasteiger partial charge in [-0.15, -0.1) is 0 Å². The molecule has 1 aromatic heterocycles. The lowest BCUT2D eigenvalue weighted by Gasteiger charge is -2.08. The number of carbonyl (C=O) groups excluding carboxylic acids is 1. The van der Waals surface area contributed by atoms with Crippen LogP contribution in [0.2, 0.25) is 0 Å². The molecule has 19 heavy (non-hydrogen) atoms. The second-order valence-corrected chi connectivity index (χ2v) is 4.94. The number of aryl methyl sites for hydroxylation is 1. The molecule has 0 fully saturated rings. The number of anilines is 2.